The SMILES string of the molecule is Cc1ccc(C)c(OCC(=O)N[C@H](CC(C)C)c2nc3ccccc3o2)c1. The van der Waals surface area contributed by atoms with Crippen LogP contribution in [0.5, 0.6) is 5.75 Å². The second kappa shape index (κ2) is 8.25. The van der Waals surface area contributed by atoms with Crippen LogP contribution in [0, 0.1) is 19.8 Å². The first kappa shape index (κ1) is 19.0. The van der Waals surface area contributed by atoms with Gasteiger partial charge in [0.15, 0.2) is 12.2 Å². The molecule has 0 unspecified atom stereocenters. The van der Waals surface area contributed by atoms with Crippen molar-refractivity contribution < 1.29 is 13.9 Å². The predicted octanol–water partition coefficient (Wildman–Crippen LogP) is 4.73. The van der Waals surface area contributed by atoms with Gasteiger partial charge in [0.05, 0.1) is 0 Å². The number of nitrogens with one attached hydrogen (secondary N) is 1. The molecule has 1 amide bonds. The van der Waals surface area contributed by atoms with Crippen molar-refractivity contribution in [2.45, 2.75) is 40.2 Å². The summed E-state index contributed by atoms with van der Waals surface area (Å²) in [4.78, 5) is 17.0. The fourth-order valence-electron chi connectivity index (χ4n) is 2.97. The number of carbonyl (C=O) groups is 1. The highest BCUT2D eigenvalue weighted by atomic mass is 16.5. The number of aromatic nitrogens is 1. The second-order valence-corrected chi connectivity index (χ2v) is 7.33. The summed E-state index contributed by atoms with van der Waals surface area (Å²) in [6.45, 7) is 8.13. The molecule has 1 atom stereocenters. The van der Waals surface area contributed by atoms with E-state index < -0.39 is 0 Å². The molecular weight excluding hydrogens is 340 g/mol. The Labute approximate surface area is 159 Å². The molecule has 2 aromatic carbocycles. The topological polar surface area (TPSA) is 64.4 Å². The normalized spacial score (nSPS) is 12.3. The van der Waals surface area contributed by atoms with Gasteiger partial charge < -0.3 is 14.5 Å². The van der Waals surface area contributed by atoms with E-state index in [1.165, 1.54) is 0 Å². The van der Waals surface area contributed by atoms with Crippen molar-refractivity contribution in [2.75, 3.05) is 6.61 Å². The van der Waals surface area contributed by atoms with Gasteiger partial charge in [-0.2, -0.15) is 0 Å². The predicted molar refractivity (Wildman–Crippen MR) is 106 cm³/mol. The van der Waals surface area contributed by atoms with Crippen LogP contribution in [0.4, 0.5) is 0 Å². The summed E-state index contributed by atoms with van der Waals surface area (Å²) in [6.07, 6.45) is 0.738. The van der Waals surface area contributed by atoms with Crippen LogP contribution < -0.4 is 10.1 Å². The van der Waals surface area contributed by atoms with Gasteiger partial charge in [-0.15, -0.1) is 0 Å². The van der Waals surface area contributed by atoms with Crippen LogP contribution in [0.1, 0.15) is 43.3 Å². The number of para-hydroxylation sites is 2. The molecule has 5 heteroatoms. The lowest BCUT2D eigenvalue weighted by Crippen LogP contribution is -2.33. The molecular formula is C22H26N2O3. The lowest BCUT2D eigenvalue weighted by Gasteiger charge is -2.18. The molecule has 0 saturated heterocycles. The number of aryl methyl sites for hydroxylation is 2. The van der Waals surface area contributed by atoms with Gasteiger partial charge in [0, 0.05) is 0 Å². The van der Waals surface area contributed by atoms with Crippen molar-refractivity contribution in [1.82, 2.24) is 10.3 Å². The molecule has 142 valence electrons. The lowest BCUT2D eigenvalue weighted by molar-refractivity contribution is -0.124. The maximum absolute atomic E-state index is 12.5. The van der Waals surface area contributed by atoms with Crippen molar-refractivity contribution in [3.05, 3.63) is 59.5 Å². The molecule has 0 aliphatic rings. The summed E-state index contributed by atoms with van der Waals surface area (Å²) in [6, 6.07) is 13.3. The number of carbonyl (C=O) groups excluding carboxylic acids is 1. The number of oxazole rings is 1. The summed E-state index contributed by atoms with van der Waals surface area (Å²) in [7, 11) is 0. The van der Waals surface area contributed by atoms with Crippen LogP contribution in [0.25, 0.3) is 11.1 Å². The van der Waals surface area contributed by atoms with Gasteiger partial charge in [-0.1, -0.05) is 38.1 Å². The number of rotatable bonds is 7. The number of amides is 1. The molecule has 0 saturated carbocycles. The minimum atomic E-state index is -0.285. The first-order chi connectivity index (χ1) is 12.9. The third-order valence-electron chi connectivity index (χ3n) is 4.35. The number of nitrogens with zero attached hydrogens (tertiary/aromatic N) is 1. The van der Waals surface area contributed by atoms with Gasteiger partial charge in [0.1, 0.15) is 17.3 Å². The largest absolute Gasteiger partial charge is 0.483 e. The summed E-state index contributed by atoms with van der Waals surface area (Å²) in [5.41, 5.74) is 3.62. The Bertz CT molecular complexity index is 897. The minimum Gasteiger partial charge on any atom is -0.483 e. The molecule has 1 heterocycles. The molecule has 0 spiro atoms. The molecule has 5 nitrogen and oxygen atoms in total. The van der Waals surface area contributed by atoms with E-state index in [0.29, 0.717) is 11.8 Å². The Morgan fingerprint density at radius 1 is 1.19 bits per heavy atom. The van der Waals surface area contributed by atoms with Crippen LogP contribution in [0.2, 0.25) is 0 Å². The summed E-state index contributed by atoms with van der Waals surface area (Å²) in [5.74, 6) is 1.45. The monoisotopic (exact) mass is 366 g/mol. The highest BCUT2D eigenvalue weighted by Crippen LogP contribution is 2.25. The third kappa shape index (κ3) is 4.88. The second-order valence-electron chi connectivity index (χ2n) is 7.33. The lowest BCUT2D eigenvalue weighted by atomic mass is 10.0. The van der Waals surface area contributed by atoms with E-state index in [1.54, 1.807) is 0 Å². The quantitative estimate of drug-likeness (QED) is 0.657. The van der Waals surface area contributed by atoms with Gasteiger partial charge in [-0.3, -0.25) is 4.79 Å². The first-order valence-corrected chi connectivity index (χ1v) is 9.27. The smallest absolute Gasteiger partial charge is 0.258 e. The van der Waals surface area contributed by atoms with E-state index in [4.69, 9.17) is 9.15 Å². The van der Waals surface area contributed by atoms with Gasteiger partial charge in [0.25, 0.3) is 5.91 Å². The van der Waals surface area contributed by atoms with E-state index >= 15 is 0 Å². The van der Waals surface area contributed by atoms with Gasteiger partial charge in [-0.05, 0) is 55.5 Å². The Morgan fingerprint density at radius 3 is 2.70 bits per heavy atom. The molecule has 3 aromatic rings. The number of hydrogen-bond acceptors (Lipinski definition) is 4. The van der Waals surface area contributed by atoms with Gasteiger partial charge >= 0.3 is 0 Å². The van der Waals surface area contributed by atoms with Crippen LogP contribution in [-0.2, 0) is 4.79 Å². The Morgan fingerprint density at radius 2 is 1.96 bits per heavy atom. The van der Waals surface area contributed by atoms with E-state index in [2.05, 4.69) is 24.1 Å². The standard InChI is InChI=1S/C22H26N2O3/c1-14(2)11-18(22-24-17-7-5-6-8-19(17)27-22)23-21(25)13-26-20-12-15(3)9-10-16(20)4/h5-10,12,14,18H,11,13H2,1-4H3,(H,23,25)/t18-/m1/s1. The fraction of sp³-hybridized carbons (Fsp3) is 0.364. The van der Waals surface area contributed by atoms with Crippen LogP contribution >= 0.6 is 0 Å². The number of hydrogen-bond donors (Lipinski definition) is 1. The minimum absolute atomic E-state index is 0.0425. The van der Waals surface area contributed by atoms with E-state index in [1.807, 2.05) is 56.3 Å². The molecule has 3 rings (SSSR count). The van der Waals surface area contributed by atoms with Gasteiger partial charge in [0.2, 0.25) is 5.89 Å². The first-order valence-electron chi connectivity index (χ1n) is 9.27. The molecule has 0 fully saturated rings. The maximum Gasteiger partial charge on any atom is 0.258 e. The average molecular weight is 366 g/mol. The average Bonchev–Trinajstić information content (AvgIpc) is 3.06. The molecule has 1 N–H and O–H groups in total. The molecule has 1 aromatic heterocycles. The maximum atomic E-state index is 12.5. The third-order valence-corrected chi connectivity index (χ3v) is 4.35. The van der Waals surface area contributed by atoms with Gasteiger partial charge in [-0.25, -0.2) is 4.98 Å². The van der Waals surface area contributed by atoms with Crippen LogP contribution in [-0.4, -0.2) is 17.5 Å². The zero-order valence-corrected chi connectivity index (χ0v) is 16.3. The molecule has 0 aliphatic carbocycles. The van der Waals surface area contributed by atoms with E-state index in [9.17, 15) is 4.79 Å². The number of ether oxygens (including phenoxy) is 1. The van der Waals surface area contributed by atoms with Crippen molar-refractivity contribution in [3.8, 4) is 5.75 Å². The summed E-state index contributed by atoms with van der Waals surface area (Å²) < 4.78 is 11.6. The van der Waals surface area contributed by atoms with Crippen LogP contribution in [0.15, 0.2) is 46.9 Å². The molecule has 0 radical (unpaired) electrons. The number of benzene rings is 2. The van der Waals surface area contributed by atoms with Crippen molar-refractivity contribution in [2.24, 2.45) is 5.92 Å². The Balaban J connectivity index is 1.70. The fourth-order valence-corrected chi connectivity index (χ4v) is 2.97. The molecule has 0 aliphatic heterocycles. The van der Waals surface area contributed by atoms with E-state index in [-0.39, 0.29) is 18.6 Å². The molecule has 27 heavy (non-hydrogen) atoms. The molecule has 0 bridgehead atoms. The summed E-state index contributed by atoms with van der Waals surface area (Å²) >= 11 is 0. The zero-order chi connectivity index (χ0) is 19.4. The van der Waals surface area contributed by atoms with Crippen LogP contribution in [0.3, 0.4) is 0 Å². The number of fused-ring (bicyclic) bond motifs is 1. The van der Waals surface area contributed by atoms with Crippen molar-refractivity contribution in [1.29, 1.82) is 0 Å². The Kier molecular flexibility index (Phi) is 5.79. The van der Waals surface area contributed by atoms with Crippen molar-refractivity contribution >= 4 is 17.0 Å². The summed E-state index contributed by atoms with van der Waals surface area (Å²) in [5, 5.41) is 3.01. The highest BCUT2D eigenvalue weighted by molar-refractivity contribution is 5.78. The zero-order valence-electron chi connectivity index (χ0n) is 16.3. The van der Waals surface area contributed by atoms with Crippen molar-refractivity contribution in [3.63, 3.8) is 0 Å². The van der Waals surface area contributed by atoms with E-state index in [0.717, 1.165) is 34.4 Å². The highest BCUT2D eigenvalue weighted by Gasteiger charge is 2.22. The Hall–Kier alpha value is -2.82.